The number of aliphatic hydroxyl groups is 1. The number of nitrogens with zero attached hydrogens (tertiary/aromatic N) is 1. The zero-order valence-corrected chi connectivity index (χ0v) is 13.7. The van der Waals surface area contributed by atoms with E-state index in [0.29, 0.717) is 6.42 Å². The summed E-state index contributed by atoms with van der Waals surface area (Å²) in [5.41, 5.74) is 2.96. The third kappa shape index (κ3) is 2.47. The molecule has 1 unspecified atom stereocenters. The molecule has 0 fully saturated rings. The number of thiazole rings is 1. The summed E-state index contributed by atoms with van der Waals surface area (Å²) in [5, 5.41) is 12.1. The number of fused-ring (bicyclic) bond motifs is 1. The van der Waals surface area contributed by atoms with Gasteiger partial charge in [0, 0.05) is 6.42 Å². The molecule has 0 saturated carbocycles. The second-order valence-electron chi connectivity index (χ2n) is 5.66. The van der Waals surface area contributed by atoms with E-state index in [2.05, 4.69) is 24.6 Å². The SMILES string of the molecule is C=CCC(O)(c1nc2ccccc2s1)c1ccc(C)cc1C. The van der Waals surface area contributed by atoms with Gasteiger partial charge in [-0.2, -0.15) is 0 Å². The number of benzene rings is 2. The minimum atomic E-state index is -1.12. The molecular formula is C19H19NOS. The van der Waals surface area contributed by atoms with Crippen molar-refractivity contribution < 1.29 is 5.11 Å². The molecule has 1 aromatic heterocycles. The van der Waals surface area contributed by atoms with Crippen molar-refractivity contribution >= 4 is 21.6 Å². The van der Waals surface area contributed by atoms with E-state index in [9.17, 15) is 5.11 Å². The van der Waals surface area contributed by atoms with Crippen molar-refractivity contribution in [2.75, 3.05) is 0 Å². The van der Waals surface area contributed by atoms with Crippen LogP contribution in [-0.4, -0.2) is 10.1 Å². The number of hydrogen-bond donors (Lipinski definition) is 1. The van der Waals surface area contributed by atoms with E-state index in [-0.39, 0.29) is 0 Å². The number of para-hydroxylation sites is 1. The monoisotopic (exact) mass is 309 g/mol. The predicted octanol–water partition coefficient (Wildman–Crippen LogP) is 4.73. The summed E-state index contributed by atoms with van der Waals surface area (Å²) in [4.78, 5) is 4.66. The Morgan fingerprint density at radius 3 is 2.68 bits per heavy atom. The topological polar surface area (TPSA) is 33.1 Å². The van der Waals surface area contributed by atoms with Crippen LogP contribution in [0.15, 0.2) is 55.1 Å². The maximum absolute atomic E-state index is 11.4. The average molecular weight is 309 g/mol. The lowest BCUT2D eigenvalue weighted by molar-refractivity contribution is 0.0834. The van der Waals surface area contributed by atoms with Gasteiger partial charge in [-0.25, -0.2) is 4.98 Å². The summed E-state index contributed by atoms with van der Waals surface area (Å²) in [7, 11) is 0. The molecule has 22 heavy (non-hydrogen) atoms. The van der Waals surface area contributed by atoms with Crippen molar-refractivity contribution in [2.45, 2.75) is 25.9 Å². The molecule has 0 aliphatic carbocycles. The van der Waals surface area contributed by atoms with Gasteiger partial charge in [-0.3, -0.25) is 0 Å². The van der Waals surface area contributed by atoms with Crippen LogP contribution in [0.1, 0.15) is 28.1 Å². The van der Waals surface area contributed by atoms with Crippen LogP contribution < -0.4 is 0 Å². The molecule has 0 aliphatic rings. The zero-order valence-electron chi connectivity index (χ0n) is 12.8. The van der Waals surface area contributed by atoms with Gasteiger partial charge >= 0.3 is 0 Å². The quantitative estimate of drug-likeness (QED) is 0.707. The molecule has 0 aliphatic heterocycles. The first kappa shape index (κ1) is 14.9. The van der Waals surface area contributed by atoms with E-state index in [0.717, 1.165) is 26.4 Å². The maximum Gasteiger partial charge on any atom is 0.145 e. The highest BCUT2D eigenvalue weighted by Gasteiger charge is 2.35. The highest BCUT2D eigenvalue weighted by Crippen LogP contribution is 2.39. The summed E-state index contributed by atoms with van der Waals surface area (Å²) < 4.78 is 1.09. The molecule has 0 spiro atoms. The zero-order chi connectivity index (χ0) is 15.7. The summed E-state index contributed by atoms with van der Waals surface area (Å²) >= 11 is 1.54. The lowest BCUT2D eigenvalue weighted by Crippen LogP contribution is -2.27. The number of aryl methyl sites for hydroxylation is 2. The van der Waals surface area contributed by atoms with Crippen LogP contribution in [0, 0.1) is 13.8 Å². The van der Waals surface area contributed by atoms with Crippen LogP contribution >= 0.6 is 11.3 Å². The van der Waals surface area contributed by atoms with Crippen molar-refractivity contribution in [1.82, 2.24) is 4.98 Å². The summed E-state index contributed by atoms with van der Waals surface area (Å²) in [6.07, 6.45) is 2.20. The van der Waals surface area contributed by atoms with Gasteiger partial charge in [0.2, 0.25) is 0 Å². The normalized spacial score (nSPS) is 14.0. The summed E-state index contributed by atoms with van der Waals surface area (Å²) in [6, 6.07) is 14.1. The largest absolute Gasteiger partial charge is 0.378 e. The van der Waals surface area contributed by atoms with E-state index >= 15 is 0 Å². The standard InChI is InChI=1S/C19H19NOS/c1-4-11-19(21,15-10-9-13(2)12-14(15)3)18-20-16-7-5-6-8-17(16)22-18/h4-10,12,21H,1,11H2,2-3H3. The van der Waals surface area contributed by atoms with Gasteiger partial charge in [0.25, 0.3) is 0 Å². The average Bonchev–Trinajstić information content (AvgIpc) is 2.91. The van der Waals surface area contributed by atoms with Crippen molar-refractivity contribution in [2.24, 2.45) is 0 Å². The minimum Gasteiger partial charge on any atom is -0.378 e. The molecule has 112 valence electrons. The van der Waals surface area contributed by atoms with Crippen LogP contribution in [0.25, 0.3) is 10.2 Å². The van der Waals surface area contributed by atoms with Gasteiger partial charge in [-0.05, 0) is 37.1 Å². The maximum atomic E-state index is 11.4. The van der Waals surface area contributed by atoms with E-state index in [4.69, 9.17) is 0 Å². The summed E-state index contributed by atoms with van der Waals surface area (Å²) in [5.74, 6) is 0. The van der Waals surface area contributed by atoms with Crippen molar-refractivity contribution in [3.8, 4) is 0 Å². The smallest absolute Gasteiger partial charge is 0.145 e. The van der Waals surface area contributed by atoms with Gasteiger partial charge < -0.3 is 5.11 Å². The molecule has 3 rings (SSSR count). The van der Waals surface area contributed by atoms with Gasteiger partial charge in [-0.15, -0.1) is 17.9 Å². The Hall–Kier alpha value is -1.97. The molecule has 2 aromatic carbocycles. The molecule has 1 heterocycles. The van der Waals surface area contributed by atoms with Gasteiger partial charge in [-0.1, -0.05) is 42.0 Å². The Bertz CT molecular complexity index is 803. The molecule has 0 bridgehead atoms. The molecule has 1 N–H and O–H groups in total. The third-order valence-corrected chi connectivity index (χ3v) is 5.10. The second-order valence-corrected chi connectivity index (χ2v) is 6.69. The molecule has 1 atom stereocenters. The Labute approximate surface area is 134 Å². The van der Waals surface area contributed by atoms with E-state index in [1.807, 2.05) is 43.3 Å². The Balaban J connectivity index is 2.20. The molecule has 0 amide bonds. The number of aromatic nitrogens is 1. The molecule has 0 radical (unpaired) electrons. The van der Waals surface area contributed by atoms with Gasteiger partial charge in [0.05, 0.1) is 10.2 Å². The molecule has 3 heteroatoms. The fourth-order valence-electron chi connectivity index (χ4n) is 2.85. The first-order valence-corrected chi connectivity index (χ1v) is 8.13. The molecule has 3 aromatic rings. The lowest BCUT2D eigenvalue weighted by Gasteiger charge is -2.27. The minimum absolute atomic E-state index is 0.441. The van der Waals surface area contributed by atoms with Crippen LogP contribution in [0.2, 0.25) is 0 Å². The van der Waals surface area contributed by atoms with E-state index in [1.165, 1.54) is 5.56 Å². The molecular weight excluding hydrogens is 290 g/mol. The van der Waals surface area contributed by atoms with Crippen molar-refractivity contribution in [3.05, 3.63) is 76.8 Å². The Morgan fingerprint density at radius 1 is 1.23 bits per heavy atom. The second kappa shape index (κ2) is 5.67. The number of rotatable bonds is 4. The molecule has 2 nitrogen and oxygen atoms in total. The fourth-order valence-corrected chi connectivity index (χ4v) is 3.93. The van der Waals surface area contributed by atoms with Crippen LogP contribution in [0.5, 0.6) is 0 Å². The highest BCUT2D eigenvalue weighted by atomic mass is 32.1. The number of hydrogen-bond acceptors (Lipinski definition) is 3. The van der Waals surface area contributed by atoms with Gasteiger partial charge in [0.1, 0.15) is 10.6 Å². The van der Waals surface area contributed by atoms with Crippen LogP contribution in [0.3, 0.4) is 0 Å². The van der Waals surface area contributed by atoms with E-state index < -0.39 is 5.60 Å². The first-order valence-electron chi connectivity index (χ1n) is 7.31. The van der Waals surface area contributed by atoms with Crippen LogP contribution in [0.4, 0.5) is 0 Å². The van der Waals surface area contributed by atoms with Crippen molar-refractivity contribution in [1.29, 1.82) is 0 Å². The van der Waals surface area contributed by atoms with Crippen LogP contribution in [-0.2, 0) is 5.60 Å². The predicted molar refractivity (Wildman–Crippen MR) is 93.3 cm³/mol. The Morgan fingerprint density at radius 2 is 2.00 bits per heavy atom. The molecule has 0 saturated heterocycles. The fraction of sp³-hybridized carbons (Fsp3) is 0.211. The third-order valence-electron chi connectivity index (χ3n) is 3.91. The summed E-state index contributed by atoms with van der Waals surface area (Å²) in [6.45, 7) is 7.90. The van der Waals surface area contributed by atoms with E-state index in [1.54, 1.807) is 17.4 Å². The Kier molecular flexibility index (Phi) is 3.85. The first-order chi connectivity index (χ1) is 10.5. The van der Waals surface area contributed by atoms with Gasteiger partial charge in [0.15, 0.2) is 0 Å². The lowest BCUT2D eigenvalue weighted by atomic mass is 9.87. The highest BCUT2D eigenvalue weighted by molar-refractivity contribution is 7.18. The van der Waals surface area contributed by atoms with Crippen molar-refractivity contribution in [3.63, 3.8) is 0 Å².